The van der Waals surface area contributed by atoms with Gasteiger partial charge in [0.15, 0.2) is 6.29 Å². The fourth-order valence-corrected chi connectivity index (χ4v) is 1.46. The first-order valence-corrected chi connectivity index (χ1v) is 5.13. The number of hydrogen-bond acceptors (Lipinski definition) is 3. The van der Waals surface area contributed by atoms with Crippen LogP contribution in [0.4, 0.5) is 0 Å². The molecule has 3 heteroatoms. The highest BCUT2D eigenvalue weighted by Gasteiger charge is 2.05. The second kappa shape index (κ2) is 6.56. The Kier molecular flexibility index (Phi) is 5.32. The molecule has 0 saturated carbocycles. The highest BCUT2D eigenvalue weighted by Crippen LogP contribution is 2.09. The van der Waals surface area contributed by atoms with Crippen LogP contribution in [0.5, 0.6) is 0 Å². The van der Waals surface area contributed by atoms with E-state index in [4.69, 9.17) is 15.2 Å². The van der Waals surface area contributed by atoms with Gasteiger partial charge in [0.25, 0.3) is 0 Å². The molecule has 0 fully saturated rings. The minimum atomic E-state index is -0.162. The second-order valence-corrected chi connectivity index (χ2v) is 3.46. The first-order chi connectivity index (χ1) is 7.30. The third-order valence-electron chi connectivity index (χ3n) is 2.38. The lowest BCUT2D eigenvalue weighted by Crippen LogP contribution is -2.16. The summed E-state index contributed by atoms with van der Waals surface area (Å²) in [5.74, 6) is 0. The van der Waals surface area contributed by atoms with E-state index in [0.717, 1.165) is 12.8 Å². The lowest BCUT2D eigenvalue weighted by Gasteiger charge is -2.13. The Morgan fingerprint density at radius 1 is 1.07 bits per heavy atom. The minimum absolute atomic E-state index is 0.162. The first-order valence-electron chi connectivity index (χ1n) is 5.13. The van der Waals surface area contributed by atoms with Crippen LogP contribution in [0.1, 0.15) is 11.1 Å². The highest BCUT2D eigenvalue weighted by atomic mass is 16.7. The summed E-state index contributed by atoms with van der Waals surface area (Å²) < 4.78 is 10.3. The van der Waals surface area contributed by atoms with Gasteiger partial charge >= 0.3 is 0 Å². The maximum atomic E-state index is 5.48. The van der Waals surface area contributed by atoms with Crippen molar-refractivity contribution in [3.63, 3.8) is 0 Å². The van der Waals surface area contributed by atoms with Crippen molar-refractivity contribution in [1.82, 2.24) is 0 Å². The van der Waals surface area contributed by atoms with Crippen molar-refractivity contribution in [3.05, 3.63) is 35.4 Å². The van der Waals surface area contributed by atoms with E-state index in [0.29, 0.717) is 6.54 Å². The van der Waals surface area contributed by atoms with E-state index in [1.807, 2.05) is 0 Å². The van der Waals surface area contributed by atoms with Crippen LogP contribution in [0.15, 0.2) is 24.3 Å². The standard InChI is InChI=1S/C12H19NO2/c1-14-12(15-2)9-11-5-3-10(4-6-11)7-8-13/h3-6,12H,7-9,13H2,1-2H3. The third-order valence-corrected chi connectivity index (χ3v) is 2.38. The van der Waals surface area contributed by atoms with Crippen molar-refractivity contribution < 1.29 is 9.47 Å². The molecule has 1 aromatic carbocycles. The van der Waals surface area contributed by atoms with Crippen molar-refractivity contribution >= 4 is 0 Å². The number of methoxy groups -OCH3 is 2. The molecule has 2 N–H and O–H groups in total. The first kappa shape index (κ1) is 12.2. The van der Waals surface area contributed by atoms with Gasteiger partial charge in [-0.05, 0) is 24.1 Å². The van der Waals surface area contributed by atoms with Crippen molar-refractivity contribution in [2.45, 2.75) is 19.1 Å². The van der Waals surface area contributed by atoms with E-state index in [2.05, 4.69) is 24.3 Å². The smallest absolute Gasteiger partial charge is 0.160 e. The van der Waals surface area contributed by atoms with E-state index in [1.165, 1.54) is 11.1 Å². The quantitative estimate of drug-likeness (QED) is 0.719. The van der Waals surface area contributed by atoms with Crippen molar-refractivity contribution in [1.29, 1.82) is 0 Å². The molecule has 84 valence electrons. The molecule has 1 aromatic rings. The molecule has 0 atom stereocenters. The van der Waals surface area contributed by atoms with E-state index in [9.17, 15) is 0 Å². The molecule has 0 radical (unpaired) electrons. The lowest BCUT2D eigenvalue weighted by molar-refractivity contribution is -0.100. The number of rotatable bonds is 6. The molecule has 0 aliphatic carbocycles. The van der Waals surface area contributed by atoms with Crippen LogP contribution in [0.3, 0.4) is 0 Å². The van der Waals surface area contributed by atoms with Crippen LogP contribution < -0.4 is 5.73 Å². The van der Waals surface area contributed by atoms with E-state index < -0.39 is 0 Å². The molecule has 0 aromatic heterocycles. The van der Waals surface area contributed by atoms with E-state index in [-0.39, 0.29) is 6.29 Å². The Morgan fingerprint density at radius 3 is 2.07 bits per heavy atom. The van der Waals surface area contributed by atoms with Gasteiger partial charge in [-0.3, -0.25) is 0 Å². The van der Waals surface area contributed by atoms with Gasteiger partial charge in [0.1, 0.15) is 0 Å². The van der Waals surface area contributed by atoms with Crippen molar-refractivity contribution in [2.75, 3.05) is 20.8 Å². The molecular weight excluding hydrogens is 190 g/mol. The van der Waals surface area contributed by atoms with Crippen LogP contribution in [-0.2, 0) is 22.3 Å². The Morgan fingerprint density at radius 2 is 1.60 bits per heavy atom. The van der Waals surface area contributed by atoms with E-state index >= 15 is 0 Å². The Labute approximate surface area is 91.2 Å². The maximum Gasteiger partial charge on any atom is 0.160 e. The molecule has 15 heavy (non-hydrogen) atoms. The predicted molar refractivity (Wildman–Crippen MR) is 60.7 cm³/mol. The summed E-state index contributed by atoms with van der Waals surface area (Å²) in [7, 11) is 3.30. The zero-order chi connectivity index (χ0) is 11.1. The van der Waals surface area contributed by atoms with Gasteiger partial charge in [0.2, 0.25) is 0 Å². The molecular formula is C12H19NO2. The SMILES string of the molecule is COC(Cc1ccc(CCN)cc1)OC. The molecule has 3 nitrogen and oxygen atoms in total. The van der Waals surface area contributed by atoms with Gasteiger partial charge in [-0.1, -0.05) is 24.3 Å². The molecule has 1 rings (SSSR count). The topological polar surface area (TPSA) is 44.5 Å². The minimum Gasteiger partial charge on any atom is -0.356 e. The molecule has 0 unspecified atom stereocenters. The molecule has 0 heterocycles. The summed E-state index contributed by atoms with van der Waals surface area (Å²) in [6.45, 7) is 0.693. The Balaban J connectivity index is 2.55. The number of benzene rings is 1. The van der Waals surface area contributed by atoms with Crippen molar-refractivity contribution in [2.24, 2.45) is 5.73 Å². The fourth-order valence-electron chi connectivity index (χ4n) is 1.46. The Hall–Kier alpha value is -0.900. The summed E-state index contributed by atoms with van der Waals surface area (Å²) in [4.78, 5) is 0. The van der Waals surface area contributed by atoms with Gasteiger partial charge in [0.05, 0.1) is 0 Å². The van der Waals surface area contributed by atoms with Crippen LogP contribution in [0.25, 0.3) is 0 Å². The number of hydrogen-bond donors (Lipinski definition) is 1. The summed E-state index contributed by atoms with van der Waals surface area (Å²) in [5, 5.41) is 0. The second-order valence-electron chi connectivity index (χ2n) is 3.46. The zero-order valence-electron chi connectivity index (χ0n) is 9.40. The molecule has 0 bridgehead atoms. The lowest BCUT2D eigenvalue weighted by atomic mass is 10.1. The number of ether oxygens (including phenoxy) is 2. The fraction of sp³-hybridized carbons (Fsp3) is 0.500. The maximum absolute atomic E-state index is 5.48. The summed E-state index contributed by atoms with van der Waals surface area (Å²) >= 11 is 0. The van der Waals surface area contributed by atoms with Crippen molar-refractivity contribution in [3.8, 4) is 0 Å². The van der Waals surface area contributed by atoms with Crippen LogP contribution in [-0.4, -0.2) is 27.1 Å². The molecule has 0 amide bonds. The van der Waals surface area contributed by atoms with Gasteiger partial charge < -0.3 is 15.2 Å². The molecule has 0 aliphatic rings. The average Bonchev–Trinajstić information content (AvgIpc) is 2.28. The van der Waals surface area contributed by atoms with E-state index in [1.54, 1.807) is 14.2 Å². The molecule has 0 spiro atoms. The Bertz CT molecular complexity index is 267. The largest absolute Gasteiger partial charge is 0.356 e. The average molecular weight is 209 g/mol. The van der Waals surface area contributed by atoms with Gasteiger partial charge in [-0.15, -0.1) is 0 Å². The summed E-state index contributed by atoms with van der Waals surface area (Å²) in [6, 6.07) is 8.39. The molecule has 0 aliphatic heterocycles. The normalized spacial score (nSPS) is 10.9. The van der Waals surface area contributed by atoms with Gasteiger partial charge in [-0.2, -0.15) is 0 Å². The number of nitrogens with two attached hydrogens (primary N) is 1. The third kappa shape index (κ3) is 4.00. The van der Waals surface area contributed by atoms with Crippen LogP contribution in [0.2, 0.25) is 0 Å². The van der Waals surface area contributed by atoms with Crippen LogP contribution >= 0.6 is 0 Å². The summed E-state index contributed by atoms with van der Waals surface area (Å²) in [6.07, 6.45) is 1.54. The monoisotopic (exact) mass is 209 g/mol. The zero-order valence-corrected chi connectivity index (χ0v) is 9.40. The van der Waals surface area contributed by atoms with Gasteiger partial charge in [0, 0.05) is 20.6 Å². The highest BCUT2D eigenvalue weighted by molar-refractivity contribution is 5.23. The van der Waals surface area contributed by atoms with Gasteiger partial charge in [-0.25, -0.2) is 0 Å². The summed E-state index contributed by atoms with van der Waals surface area (Å²) in [5.41, 5.74) is 7.97. The van der Waals surface area contributed by atoms with Crippen LogP contribution in [0, 0.1) is 0 Å². The molecule has 0 saturated heterocycles. The predicted octanol–water partition coefficient (Wildman–Crippen LogP) is 1.35.